The van der Waals surface area contributed by atoms with Crippen LogP contribution in [0.1, 0.15) is 40.5 Å². The first-order valence-corrected chi connectivity index (χ1v) is 10.9. The van der Waals surface area contributed by atoms with E-state index in [2.05, 4.69) is 47.3 Å². The molecule has 0 atom stereocenters. The van der Waals surface area contributed by atoms with Crippen LogP contribution in [0.5, 0.6) is 0 Å². The molecule has 1 aliphatic carbocycles. The molecule has 3 rings (SSSR count). The highest BCUT2D eigenvalue weighted by Crippen LogP contribution is 2.49. The summed E-state index contributed by atoms with van der Waals surface area (Å²) in [4.78, 5) is 10.7. The van der Waals surface area contributed by atoms with Gasteiger partial charge in [0.2, 0.25) is 0 Å². The van der Waals surface area contributed by atoms with Gasteiger partial charge in [-0.3, -0.25) is 19.6 Å². The molecule has 2 saturated heterocycles. The second kappa shape index (κ2) is 8.87. The molecule has 0 aromatic heterocycles. The topological polar surface area (TPSA) is 22.2 Å². The minimum atomic E-state index is 0.437. The van der Waals surface area contributed by atoms with Gasteiger partial charge in [0.25, 0.3) is 0 Å². The fourth-order valence-electron chi connectivity index (χ4n) is 5.15. The van der Waals surface area contributed by atoms with Crippen molar-refractivity contribution in [3.8, 4) is 0 Å². The number of methoxy groups -OCH3 is 1. The van der Waals surface area contributed by atoms with Crippen LogP contribution < -0.4 is 0 Å². The molecule has 0 spiro atoms. The van der Waals surface area contributed by atoms with Gasteiger partial charge in [-0.2, -0.15) is 0 Å². The maximum Gasteiger partial charge on any atom is 0.0522 e. The van der Waals surface area contributed by atoms with Crippen molar-refractivity contribution in [2.45, 2.75) is 52.6 Å². The lowest BCUT2D eigenvalue weighted by molar-refractivity contribution is -0.0897. The Morgan fingerprint density at radius 1 is 0.846 bits per heavy atom. The van der Waals surface area contributed by atoms with E-state index in [1.54, 1.807) is 0 Å². The highest BCUT2D eigenvalue weighted by molar-refractivity contribution is 5.01. The number of rotatable bonds is 7. The summed E-state index contributed by atoms with van der Waals surface area (Å²) in [5, 5.41) is 0. The lowest BCUT2D eigenvalue weighted by atomic mass is 9.59. The zero-order chi connectivity index (χ0) is 18.7. The van der Waals surface area contributed by atoms with Gasteiger partial charge in [0.1, 0.15) is 0 Å². The standard InChI is InChI=1S/C21H42N4O/c1-18(2)21(16-26-5)14-20(15-21)25-12-8-23(9-13-25)17-22-6-10-24(11-7-22)19(3)4/h18-20H,6-17H2,1-5H3. The van der Waals surface area contributed by atoms with E-state index in [1.165, 1.54) is 71.9 Å². The molecule has 0 amide bonds. The third kappa shape index (κ3) is 4.61. The van der Waals surface area contributed by atoms with Crippen molar-refractivity contribution in [1.82, 2.24) is 19.6 Å². The molecule has 0 N–H and O–H groups in total. The van der Waals surface area contributed by atoms with Crippen LogP contribution in [0.2, 0.25) is 0 Å². The lowest BCUT2D eigenvalue weighted by Gasteiger charge is -2.55. The Morgan fingerprint density at radius 2 is 1.38 bits per heavy atom. The lowest BCUT2D eigenvalue weighted by Crippen LogP contribution is -2.60. The summed E-state index contributed by atoms with van der Waals surface area (Å²) in [5.41, 5.74) is 0.437. The summed E-state index contributed by atoms with van der Waals surface area (Å²) < 4.78 is 5.53. The van der Waals surface area contributed by atoms with Gasteiger partial charge in [0.05, 0.1) is 13.3 Å². The Hall–Kier alpha value is -0.200. The van der Waals surface area contributed by atoms with Crippen molar-refractivity contribution in [2.24, 2.45) is 11.3 Å². The first-order valence-electron chi connectivity index (χ1n) is 10.9. The molecule has 1 saturated carbocycles. The summed E-state index contributed by atoms with van der Waals surface area (Å²) >= 11 is 0. The molecule has 0 aromatic carbocycles. The molecular weight excluding hydrogens is 324 g/mol. The summed E-state index contributed by atoms with van der Waals surface area (Å²) in [6, 6.07) is 1.49. The van der Waals surface area contributed by atoms with Gasteiger partial charge in [-0.1, -0.05) is 13.8 Å². The van der Waals surface area contributed by atoms with E-state index in [-0.39, 0.29) is 0 Å². The first kappa shape index (κ1) is 20.5. The Bertz CT molecular complexity index is 420. The van der Waals surface area contributed by atoms with Gasteiger partial charge >= 0.3 is 0 Å². The number of ether oxygens (including phenoxy) is 1. The second-order valence-electron chi connectivity index (χ2n) is 9.56. The van der Waals surface area contributed by atoms with Crippen molar-refractivity contribution in [3.63, 3.8) is 0 Å². The predicted molar refractivity (Wildman–Crippen MR) is 108 cm³/mol. The predicted octanol–water partition coefficient (Wildman–Crippen LogP) is 2.04. The third-order valence-electron chi connectivity index (χ3n) is 7.40. The second-order valence-corrected chi connectivity index (χ2v) is 9.56. The number of piperazine rings is 2. The highest BCUT2D eigenvalue weighted by atomic mass is 16.5. The van der Waals surface area contributed by atoms with Crippen molar-refractivity contribution >= 4 is 0 Å². The number of nitrogens with zero attached hydrogens (tertiary/aromatic N) is 4. The van der Waals surface area contributed by atoms with Crippen molar-refractivity contribution in [3.05, 3.63) is 0 Å². The van der Waals surface area contributed by atoms with Crippen LogP contribution in [-0.4, -0.2) is 104 Å². The molecule has 0 unspecified atom stereocenters. The zero-order valence-electron chi connectivity index (χ0n) is 17.9. The molecule has 5 nitrogen and oxygen atoms in total. The maximum atomic E-state index is 5.53. The van der Waals surface area contributed by atoms with Crippen LogP contribution in [0.15, 0.2) is 0 Å². The molecule has 152 valence electrons. The van der Waals surface area contributed by atoms with E-state index < -0.39 is 0 Å². The molecular formula is C21H42N4O. The first-order chi connectivity index (χ1) is 12.4. The Labute approximate surface area is 161 Å². The number of hydrogen-bond acceptors (Lipinski definition) is 5. The molecule has 5 heteroatoms. The van der Waals surface area contributed by atoms with Crippen molar-refractivity contribution in [2.75, 3.05) is 72.7 Å². The van der Waals surface area contributed by atoms with Crippen molar-refractivity contribution < 1.29 is 4.74 Å². The van der Waals surface area contributed by atoms with Gasteiger partial charge in [-0.25, -0.2) is 0 Å². The van der Waals surface area contributed by atoms with E-state index >= 15 is 0 Å². The van der Waals surface area contributed by atoms with E-state index in [0.29, 0.717) is 11.5 Å². The Morgan fingerprint density at radius 3 is 1.85 bits per heavy atom. The normalized spacial score (nSPS) is 33.1. The average molecular weight is 367 g/mol. The SMILES string of the molecule is COCC1(C(C)C)CC(N2CCN(CN3CCN(C(C)C)CC3)CC2)C1. The minimum absolute atomic E-state index is 0.437. The van der Waals surface area contributed by atoms with Gasteiger partial charge in [0.15, 0.2) is 0 Å². The molecule has 0 aromatic rings. The molecule has 3 fully saturated rings. The van der Waals surface area contributed by atoms with Gasteiger partial charge in [-0.15, -0.1) is 0 Å². The van der Waals surface area contributed by atoms with Crippen LogP contribution in [0.4, 0.5) is 0 Å². The summed E-state index contributed by atoms with van der Waals surface area (Å²) in [6.07, 6.45) is 2.66. The van der Waals surface area contributed by atoms with Crippen LogP contribution in [0, 0.1) is 11.3 Å². The van der Waals surface area contributed by atoms with Gasteiger partial charge < -0.3 is 4.74 Å². The molecule has 2 heterocycles. The van der Waals surface area contributed by atoms with E-state index in [9.17, 15) is 0 Å². The van der Waals surface area contributed by atoms with Crippen LogP contribution in [0.25, 0.3) is 0 Å². The van der Waals surface area contributed by atoms with Crippen LogP contribution >= 0.6 is 0 Å². The summed E-state index contributed by atoms with van der Waals surface area (Å²) in [6.45, 7) is 21.4. The molecule has 2 aliphatic heterocycles. The molecule has 0 bridgehead atoms. The zero-order valence-corrected chi connectivity index (χ0v) is 17.9. The van der Waals surface area contributed by atoms with Crippen molar-refractivity contribution in [1.29, 1.82) is 0 Å². The van der Waals surface area contributed by atoms with Gasteiger partial charge in [0, 0.05) is 71.6 Å². The Kier molecular flexibility index (Phi) is 7.00. The van der Waals surface area contributed by atoms with E-state index in [4.69, 9.17) is 4.74 Å². The van der Waals surface area contributed by atoms with Gasteiger partial charge in [-0.05, 0) is 38.0 Å². The molecule has 26 heavy (non-hydrogen) atoms. The largest absolute Gasteiger partial charge is 0.384 e. The fourth-order valence-corrected chi connectivity index (χ4v) is 5.15. The van der Waals surface area contributed by atoms with Crippen LogP contribution in [0.3, 0.4) is 0 Å². The van der Waals surface area contributed by atoms with E-state index in [1.807, 2.05) is 7.11 Å². The monoisotopic (exact) mass is 366 g/mol. The summed E-state index contributed by atoms with van der Waals surface area (Å²) in [7, 11) is 1.86. The maximum absolute atomic E-state index is 5.53. The quantitative estimate of drug-likeness (QED) is 0.686. The van der Waals surface area contributed by atoms with E-state index in [0.717, 1.165) is 18.6 Å². The van der Waals surface area contributed by atoms with Crippen LogP contribution in [-0.2, 0) is 4.74 Å². The smallest absolute Gasteiger partial charge is 0.0522 e. The molecule has 3 aliphatic rings. The number of hydrogen-bond donors (Lipinski definition) is 0. The Balaban J connectivity index is 1.36. The summed E-state index contributed by atoms with van der Waals surface area (Å²) in [5.74, 6) is 0.726. The molecule has 0 radical (unpaired) electrons. The third-order valence-corrected chi connectivity index (χ3v) is 7.40. The fraction of sp³-hybridized carbons (Fsp3) is 1.00. The minimum Gasteiger partial charge on any atom is -0.384 e. The average Bonchev–Trinajstić information content (AvgIpc) is 2.59. The highest BCUT2D eigenvalue weighted by Gasteiger charge is 2.48.